The van der Waals surface area contributed by atoms with Gasteiger partial charge in [0.1, 0.15) is 0 Å². The van der Waals surface area contributed by atoms with E-state index in [0.717, 1.165) is 43.7 Å². The van der Waals surface area contributed by atoms with Gasteiger partial charge in [-0.2, -0.15) is 0 Å². The van der Waals surface area contributed by atoms with Crippen LogP contribution < -0.4 is 10.2 Å². The first-order valence-electron chi connectivity index (χ1n) is 8.68. The Bertz CT molecular complexity index is 555. The Morgan fingerprint density at radius 1 is 1.26 bits per heavy atom. The number of aryl methyl sites for hydroxylation is 1. The summed E-state index contributed by atoms with van der Waals surface area (Å²) in [6.07, 6.45) is 4.03. The van der Waals surface area contributed by atoms with E-state index in [2.05, 4.69) is 22.3 Å². The van der Waals surface area contributed by atoms with Crippen molar-refractivity contribution in [2.24, 2.45) is 0 Å². The summed E-state index contributed by atoms with van der Waals surface area (Å²) in [4.78, 5) is 16.7. The van der Waals surface area contributed by atoms with Crippen LogP contribution in [0.3, 0.4) is 0 Å². The summed E-state index contributed by atoms with van der Waals surface area (Å²) in [6, 6.07) is 6.26. The van der Waals surface area contributed by atoms with Crippen LogP contribution in [0.15, 0.2) is 18.2 Å². The second-order valence-corrected chi connectivity index (χ2v) is 6.77. The van der Waals surface area contributed by atoms with Crippen molar-refractivity contribution in [2.75, 3.05) is 42.9 Å². The molecule has 1 unspecified atom stereocenters. The number of piperidine rings is 1. The zero-order valence-electron chi connectivity index (χ0n) is 13.9. The van der Waals surface area contributed by atoms with Gasteiger partial charge in [0.25, 0.3) is 0 Å². The molecule has 2 heterocycles. The van der Waals surface area contributed by atoms with Crippen LogP contribution in [0.2, 0.25) is 0 Å². The van der Waals surface area contributed by atoms with Gasteiger partial charge in [-0.3, -0.25) is 9.69 Å². The number of aliphatic hydroxyl groups is 1. The highest BCUT2D eigenvalue weighted by Gasteiger charge is 2.20. The summed E-state index contributed by atoms with van der Waals surface area (Å²) in [6.45, 7) is 6.13. The predicted octanol–water partition coefficient (Wildman–Crippen LogP) is 1.99. The molecule has 0 spiro atoms. The van der Waals surface area contributed by atoms with Crippen LogP contribution in [-0.4, -0.2) is 54.7 Å². The fraction of sp³-hybridized carbons (Fsp3) is 0.611. The molecule has 1 atom stereocenters. The molecular formula is C18H27N3O2. The molecule has 5 nitrogen and oxygen atoms in total. The highest BCUT2D eigenvalue weighted by molar-refractivity contribution is 5.93. The maximum Gasteiger partial charge on any atom is 0.238 e. The first kappa shape index (κ1) is 16.3. The molecule has 1 aromatic rings. The second kappa shape index (κ2) is 7.32. The lowest BCUT2D eigenvalue weighted by atomic mass is 10.1. The number of anilines is 2. The van der Waals surface area contributed by atoms with Crippen molar-refractivity contribution in [3.8, 4) is 0 Å². The molecule has 2 saturated heterocycles. The number of amides is 1. The summed E-state index contributed by atoms with van der Waals surface area (Å²) in [7, 11) is 0. The minimum Gasteiger partial charge on any atom is -0.392 e. The Kier molecular flexibility index (Phi) is 5.18. The molecule has 2 fully saturated rings. The van der Waals surface area contributed by atoms with Crippen LogP contribution in [-0.2, 0) is 4.79 Å². The van der Waals surface area contributed by atoms with Crippen molar-refractivity contribution >= 4 is 17.3 Å². The number of β-amino-alcohol motifs (C(OH)–C–C–N with tert-alkyl or cyclic N) is 1. The van der Waals surface area contributed by atoms with Gasteiger partial charge >= 0.3 is 0 Å². The number of aliphatic hydroxyl groups excluding tert-OH is 1. The first-order chi connectivity index (χ1) is 11.1. The molecule has 0 bridgehead atoms. The van der Waals surface area contributed by atoms with Gasteiger partial charge in [0, 0.05) is 31.0 Å². The summed E-state index contributed by atoms with van der Waals surface area (Å²) < 4.78 is 0. The molecule has 23 heavy (non-hydrogen) atoms. The number of hydrogen-bond donors (Lipinski definition) is 2. The van der Waals surface area contributed by atoms with E-state index in [1.165, 1.54) is 18.5 Å². The van der Waals surface area contributed by atoms with Crippen molar-refractivity contribution in [2.45, 2.75) is 38.7 Å². The van der Waals surface area contributed by atoms with E-state index >= 15 is 0 Å². The van der Waals surface area contributed by atoms with Gasteiger partial charge in [0.2, 0.25) is 5.91 Å². The van der Waals surface area contributed by atoms with E-state index in [4.69, 9.17) is 0 Å². The van der Waals surface area contributed by atoms with Crippen LogP contribution in [0.5, 0.6) is 0 Å². The van der Waals surface area contributed by atoms with Crippen molar-refractivity contribution in [3.05, 3.63) is 23.8 Å². The number of likely N-dealkylation sites (tertiary alicyclic amines) is 1. The summed E-state index contributed by atoms with van der Waals surface area (Å²) in [5.74, 6) is -0.00359. The molecule has 2 aliphatic heterocycles. The van der Waals surface area contributed by atoms with Gasteiger partial charge in [0.15, 0.2) is 0 Å². The van der Waals surface area contributed by atoms with Crippen molar-refractivity contribution in [1.82, 2.24) is 4.90 Å². The third kappa shape index (κ3) is 4.24. The molecule has 2 aliphatic rings. The number of rotatable bonds is 4. The Morgan fingerprint density at radius 3 is 2.74 bits per heavy atom. The topological polar surface area (TPSA) is 55.8 Å². The molecule has 0 aliphatic carbocycles. The third-order valence-electron chi connectivity index (χ3n) is 4.80. The van der Waals surface area contributed by atoms with Crippen LogP contribution in [0.4, 0.5) is 11.4 Å². The molecule has 126 valence electrons. The normalized spacial score (nSPS) is 22.3. The molecule has 0 saturated carbocycles. The molecule has 2 N–H and O–H groups in total. The highest BCUT2D eigenvalue weighted by Crippen LogP contribution is 2.25. The van der Waals surface area contributed by atoms with Gasteiger partial charge in [0.05, 0.1) is 12.6 Å². The minimum atomic E-state index is -0.293. The Hall–Kier alpha value is -1.59. The van der Waals surface area contributed by atoms with Gasteiger partial charge in [-0.05, 0) is 62.9 Å². The summed E-state index contributed by atoms with van der Waals surface area (Å²) >= 11 is 0. The van der Waals surface area contributed by atoms with E-state index in [1.807, 2.05) is 17.9 Å². The number of nitrogens with one attached hydrogen (secondary N) is 1. The zero-order valence-corrected chi connectivity index (χ0v) is 13.9. The number of nitrogens with zero attached hydrogens (tertiary/aromatic N) is 2. The molecular weight excluding hydrogens is 290 g/mol. The molecule has 3 rings (SSSR count). The number of hydrogen-bond acceptors (Lipinski definition) is 4. The van der Waals surface area contributed by atoms with Gasteiger partial charge in [-0.15, -0.1) is 0 Å². The molecule has 5 heteroatoms. The monoisotopic (exact) mass is 317 g/mol. The smallest absolute Gasteiger partial charge is 0.238 e. The summed E-state index contributed by atoms with van der Waals surface area (Å²) in [5.41, 5.74) is 3.23. The largest absolute Gasteiger partial charge is 0.392 e. The lowest BCUT2D eigenvalue weighted by molar-refractivity contribution is -0.118. The Labute approximate surface area is 138 Å². The van der Waals surface area contributed by atoms with Crippen LogP contribution >= 0.6 is 0 Å². The molecule has 0 radical (unpaired) electrons. The van der Waals surface area contributed by atoms with E-state index in [0.29, 0.717) is 13.1 Å². The number of carbonyl (C=O) groups is 1. The fourth-order valence-electron chi connectivity index (χ4n) is 3.53. The second-order valence-electron chi connectivity index (χ2n) is 6.77. The minimum absolute atomic E-state index is 0.00359. The van der Waals surface area contributed by atoms with Crippen molar-refractivity contribution in [1.29, 1.82) is 0 Å². The Morgan fingerprint density at radius 2 is 2.04 bits per heavy atom. The average molecular weight is 317 g/mol. The van der Waals surface area contributed by atoms with Gasteiger partial charge < -0.3 is 15.3 Å². The highest BCUT2D eigenvalue weighted by atomic mass is 16.3. The quantitative estimate of drug-likeness (QED) is 0.892. The SMILES string of the molecule is Cc1cc(N2CCCC2)ccc1NC(=O)CN1CCCC(O)C1. The van der Waals surface area contributed by atoms with E-state index < -0.39 is 0 Å². The van der Waals surface area contributed by atoms with Crippen LogP contribution in [0, 0.1) is 6.92 Å². The van der Waals surface area contributed by atoms with Crippen molar-refractivity contribution < 1.29 is 9.90 Å². The lowest BCUT2D eigenvalue weighted by Gasteiger charge is -2.29. The van der Waals surface area contributed by atoms with Crippen molar-refractivity contribution in [3.63, 3.8) is 0 Å². The number of benzene rings is 1. The van der Waals surface area contributed by atoms with E-state index in [9.17, 15) is 9.90 Å². The number of carbonyl (C=O) groups excluding carboxylic acids is 1. The van der Waals surface area contributed by atoms with Crippen LogP contribution in [0.1, 0.15) is 31.2 Å². The average Bonchev–Trinajstić information content (AvgIpc) is 3.03. The fourth-order valence-corrected chi connectivity index (χ4v) is 3.53. The standard InChI is InChI=1S/C18H27N3O2/c1-14-11-15(21-9-2-3-10-21)6-7-17(14)19-18(23)13-20-8-4-5-16(22)12-20/h6-7,11,16,22H,2-5,8-10,12-13H2,1H3,(H,19,23). The van der Waals surface area contributed by atoms with E-state index in [1.54, 1.807) is 0 Å². The van der Waals surface area contributed by atoms with E-state index in [-0.39, 0.29) is 12.0 Å². The molecule has 1 amide bonds. The molecule has 1 aromatic carbocycles. The maximum absolute atomic E-state index is 12.2. The first-order valence-corrected chi connectivity index (χ1v) is 8.68. The van der Waals surface area contributed by atoms with Gasteiger partial charge in [-0.1, -0.05) is 0 Å². The maximum atomic E-state index is 12.2. The Balaban J connectivity index is 1.57. The lowest BCUT2D eigenvalue weighted by Crippen LogP contribution is -2.42. The zero-order chi connectivity index (χ0) is 16.2. The summed E-state index contributed by atoms with van der Waals surface area (Å²) in [5, 5.41) is 12.7. The molecule has 0 aromatic heterocycles. The third-order valence-corrected chi connectivity index (χ3v) is 4.80. The predicted molar refractivity (Wildman–Crippen MR) is 92.9 cm³/mol. The van der Waals surface area contributed by atoms with Crippen LogP contribution in [0.25, 0.3) is 0 Å². The van der Waals surface area contributed by atoms with Gasteiger partial charge in [-0.25, -0.2) is 0 Å².